The molecule has 238 valence electrons. The van der Waals surface area contributed by atoms with E-state index in [1.807, 2.05) is 0 Å². The van der Waals surface area contributed by atoms with Crippen LogP contribution in [0.3, 0.4) is 0 Å². The fraction of sp³-hybridized carbons (Fsp3) is 0.182. The van der Waals surface area contributed by atoms with E-state index in [4.69, 9.17) is 23.7 Å². The summed E-state index contributed by atoms with van der Waals surface area (Å²) < 4.78 is 29.3. The number of azide groups is 1. The summed E-state index contributed by atoms with van der Waals surface area (Å²) in [6.07, 6.45) is -5.91. The maximum Gasteiger partial charge on any atom is 0.338 e. The van der Waals surface area contributed by atoms with Gasteiger partial charge in [-0.3, -0.25) is 10.1 Å². The number of hydrogen-bond donors (Lipinski definition) is 0. The zero-order chi connectivity index (χ0) is 33.2. The molecule has 1 aliphatic rings. The van der Waals surface area contributed by atoms with Gasteiger partial charge >= 0.3 is 17.9 Å². The highest BCUT2D eigenvalue weighted by atomic mass is 16.7. The Balaban J connectivity index is 1.52. The molecule has 4 aromatic carbocycles. The number of carbonyl (C=O) groups excluding carboxylic acids is 3. The van der Waals surface area contributed by atoms with Crippen molar-refractivity contribution >= 4 is 23.6 Å². The van der Waals surface area contributed by atoms with Gasteiger partial charge < -0.3 is 23.7 Å². The van der Waals surface area contributed by atoms with Crippen molar-refractivity contribution in [3.8, 4) is 5.75 Å². The summed E-state index contributed by atoms with van der Waals surface area (Å²) in [5.41, 5.74) is 9.86. The predicted octanol–water partition coefficient (Wildman–Crippen LogP) is 5.69. The van der Waals surface area contributed by atoms with E-state index in [1.165, 1.54) is 48.5 Å². The van der Waals surface area contributed by atoms with Crippen LogP contribution in [0.2, 0.25) is 0 Å². The number of esters is 3. The Kier molecular flexibility index (Phi) is 10.4. The van der Waals surface area contributed by atoms with E-state index in [9.17, 15) is 30.0 Å². The van der Waals surface area contributed by atoms with Crippen molar-refractivity contribution in [2.75, 3.05) is 6.61 Å². The molecule has 0 aromatic heterocycles. The molecular weight excluding hydrogens is 612 g/mol. The van der Waals surface area contributed by atoms with Gasteiger partial charge in [0.05, 0.1) is 21.6 Å². The standard InChI is InChI=1S/C33H26N4O10/c34-36-35-27-26(20-43-30(38)21-10-4-1-5-11-21)45-33(44-25-18-16-24(17-19-25)37(41)42)29(47-32(40)23-14-8-3-9-15-23)28(27)46-31(39)22-12-6-2-7-13-22/h1-19,26-29,33H,20H2/t26-,27+,28+,29-,33-/m1/s1. The number of hydrogen-bond acceptors (Lipinski definition) is 11. The SMILES string of the molecule is [N-]=[N+]=N[C@@H]1[C@H](OC(=O)c2ccccc2)[C@@H](OC(=O)c2ccccc2)[C@H](Oc2ccc([N+](=O)[O-])cc2)O[C@@H]1COC(=O)c1ccccc1. The van der Waals surface area contributed by atoms with Gasteiger partial charge in [-0.15, -0.1) is 0 Å². The van der Waals surface area contributed by atoms with Crippen LogP contribution in [0.1, 0.15) is 31.1 Å². The summed E-state index contributed by atoms with van der Waals surface area (Å²) >= 11 is 0. The quantitative estimate of drug-likeness (QED) is 0.0375. The molecule has 0 spiro atoms. The van der Waals surface area contributed by atoms with Crippen LogP contribution in [0.5, 0.6) is 5.75 Å². The van der Waals surface area contributed by atoms with Crippen molar-refractivity contribution in [2.24, 2.45) is 5.11 Å². The molecule has 5 rings (SSSR count). The molecule has 0 radical (unpaired) electrons. The number of benzene rings is 4. The average Bonchev–Trinajstić information content (AvgIpc) is 3.11. The second kappa shape index (κ2) is 15.2. The highest BCUT2D eigenvalue weighted by Gasteiger charge is 2.52. The fourth-order valence-corrected chi connectivity index (χ4v) is 4.71. The summed E-state index contributed by atoms with van der Waals surface area (Å²) in [5, 5.41) is 15.0. The van der Waals surface area contributed by atoms with Crippen LogP contribution in [0.25, 0.3) is 10.4 Å². The third-order valence-electron chi connectivity index (χ3n) is 7.00. The van der Waals surface area contributed by atoms with E-state index in [1.54, 1.807) is 66.7 Å². The van der Waals surface area contributed by atoms with Gasteiger partial charge in [0.2, 0.25) is 12.4 Å². The first-order chi connectivity index (χ1) is 22.8. The van der Waals surface area contributed by atoms with Crippen molar-refractivity contribution in [1.29, 1.82) is 0 Å². The molecule has 0 unspecified atom stereocenters. The lowest BCUT2D eigenvalue weighted by Crippen LogP contribution is -2.62. The van der Waals surface area contributed by atoms with Crippen LogP contribution in [0.4, 0.5) is 5.69 Å². The summed E-state index contributed by atoms with van der Waals surface area (Å²) in [5.74, 6) is -2.33. The smallest absolute Gasteiger partial charge is 0.338 e. The molecule has 5 atom stereocenters. The first kappa shape index (κ1) is 32.2. The van der Waals surface area contributed by atoms with E-state index in [-0.39, 0.29) is 28.1 Å². The molecule has 0 amide bonds. The molecule has 4 aromatic rings. The number of carbonyl (C=O) groups is 3. The lowest BCUT2D eigenvalue weighted by Gasteiger charge is -2.43. The van der Waals surface area contributed by atoms with Gasteiger partial charge in [-0.1, -0.05) is 59.7 Å². The Morgan fingerprint density at radius 1 is 0.745 bits per heavy atom. The van der Waals surface area contributed by atoms with Crippen LogP contribution >= 0.6 is 0 Å². The summed E-state index contributed by atoms with van der Waals surface area (Å²) in [6.45, 7) is -0.490. The summed E-state index contributed by atoms with van der Waals surface area (Å²) in [6, 6.07) is 27.6. The van der Waals surface area contributed by atoms with E-state index >= 15 is 0 Å². The van der Waals surface area contributed by atoms with Gasteiger partial charge in [0.15, 0.2) is 6.10 Å². The molecule has 1 fully saturated rings. The molecule has 0 N–H and O–H groups in total. The third kappa shape index (κ3) is 8.08. The van der Waals surface area contributed by atoms with E-state index in [0.717, 1.165) is 0 Å². The highest BCUT2D eigenvalue weighted by molar-refractivity contribution is 5.90. The minimum atomic E-state index is -1.55. The van der Waals surface area contributed by atoms with Gasteiger partial charge in [-0.25, -0.2) is 14.4 Å². The Labute approximate surface area is 267 Å². The summed E-state index contributed by atoms with van der Waals surface area (Å²) in [4.78, 5) is 53.0. The average molecular weight is 639 g/mol. The molecule has 14 heteroatoms. The molecule has 0 saturated carbocycles. The Hall–Kier alpha value is -6.24. The summed E-state index contributed by atoms with van der Waals surface area (Å²) in [7, 11) is 0. The van der Waals surface area contributed by atoms with Crippen molar-refractivity contribution in [3.05, 3.63) is 153 Å². The lowest BCUT2D eigenvalue weighted by molar-refractivity contribution is -0.384. The number of ether oxygens (including phenoxy) is 5. The topological polar surface area (TPSA) is 189 Å². The van der Waals surface area contributed by atoms with Gasteiger partial charge in [0.25, 0.3) is 5.69 Å². The molecule has 1 aliphatic heterocycles. The second-order valence-corrected chi connectivity index (χ2v) is 10.0. The van der Waals surface area contributed by atoms with Gasteiger partial charge in [-0.05, 0) is 54.1 Å². The van der Waals surface area contributed by atoms with Crippen molar-refractivity contribution < 1.29 is 43.0 Å². The number of nitro groups is 1. The van der Waals surface area contributed by atoms with E-state index < -0.39 is 60.1 Å². The minimum Gasteiger partial charge on any atom is -0.461 e. The maximum absolute atomic E-state index is 13.4. The van der Waals surface area contributed by atoms with Gasteiger partial charge in [0.1, 0.15) is 24.5 Å². The highest BCUT2D eigenvalue weighted by Crippen LogP contribution is 2.32. The Morgan fingerprint density at radius 3 is 1.72 bits per heavy atom. The lowest BCUT2D eigenvalue weighted by atomic mass is 9.96. The fourth-order valence-electron chi connectivity index (χ4n) is 4.71. The first-order valence-electron chi connectivity index (χ1n) is 14.2. The number of rotatable bonds is 11. The Bertz CT molecular complexity index is 1750. The molecular formula is C33H26N4O10. The largest absolute Gasteiger partial charge is 0.461 e. The molecule has 1 heterocycles. The van der Waals surface area contributed by atoms with Crippen LogP contribution < -0.4 is 4.74 Å². The van der Waals surface area contributed by atoms with Gasteiger partial charge in [0, 0.05) is 17.0 Å². The van der Waals surface area contributed by atoms with Gasteiger partial charge in [-0.2, -0.15) is 0 Å². The van der Waals surface area contributed by atoms with Crippen molar-refractivity contribution in [3.63, 3.8) is 0 Å². The minimum absolute atomic E-state index is 0.0664. The zero-order valence-corrected chi connectivity index (χ0v) is 24.4. The van der Waals surface area contributed by atoms with Crippen molar-refractivity contribution in [2.45, 2.75) is 30.6 Å². The maximum atomic E-state index is 13.4. The normalized spacial score (nSPS) is 20.1. The van der Waals surface area contributed by atoms with E-state index in [0.29, 0.717) is 0 Å². The molecule has 14 nitrogen and oxygen atoms in total. The van der Waals surface area contributed by atoms with Crippen LogP contribution in [-0.4, -0.2) is 60.1 Å². The number of nitrogens with zero attached hydrogens (tertiary/aromatic N) is 4. The molecule has 47 heavy (non-hydrogen) atoms. The van der Waals surface area contributed by atoms with Crippen LogP contribution in [0, 0.1) is 10.1 Å². The third-order valence-corrected chi connectivity index (χ3v) is 7.00. The Morgan fingerprint density at radius 2 is 1.23 bits per heavy atom. The zero-order valence-electron chi connectivity index (χ0n) is 24.4. The van der Waals surface area contributed by atoms with Crippen LogP contribution in [-0.2, 0) is 18.9 Å². The molecule has 0 aliphatic carbocycles. The van der Waals surface area contributed by atoms with Crippen LogP contribution in [0.15, 0.2) is 120 Å². The number of nitro benzene ring substituents is 1. The van der Waals surface area contributed by atoms with Crippen molar-refractivity contribution in [1.82, 2.24) is 0 Å². The first-order valence-corrected chi connectivity index (χ1v) is 14.2. The van der Waals surface area contributed by atoms with E-state index in [2.05, 4.69) is 10.0 Å². The number of non-ortho nitro benzene ring substituents is 1. The second-order valence-electron chi connectivity index (χ2n) is 10.0. The monoisotopic (exact) mass is 638 g/mol. The predicted molar refractivity (Wildman–Crippen MR) is 163 cm³/mol. The molecule has 1 saturated heterocycles. The molecule has 0 bridgehead atoms.